The Morgan fingerprint density at radius 3 is 2.86 bits per heavy atom. The number of halogens is 2. The predicted molar refractivity (Wildman–Crippen MR) is 63.6 cm³/mol. The second-order valence-corrected chi connectivity index (χ2v) is 4.23. The summed E-state index contributed by atoms with van der Waals surface area (Å²) in [4.78, 5) is 4.18. The summed E-state index contributed by atoms with van der Waals surface area (Å²) in [5.41, 5.74) is 6.68. The van der Waals surface area contributed by atoms with E-state index in [0.717, 1.165) is 20.9 Å². The maximum Gasteiger partial charge on any atom is 0.128 e. The van der Waals surface area contributed by atoms with Gasteiger partial charge in [0.1, 0.15) is 10.4 Å². The summed E-state index contributed by atoms with van der Waals surface area (Å²) in [6.07, 6.45) is 0. The fourth-order valence-electron chi connectivity index (χ4n) is 1.46. The number of pyridine rings is 1. The molecule has 0 aliphatic carbocycles. The molecule has 0 saturated heterocycles. The van der Waals surface area contributed by atoms with Gasteiger partial charge in [-0.2, -0.15) is 0 Å². The van der Waals surface area contributed by atoms with Gasteiger partial charge in [0.15, 0.2) is 0 Å². The lowest BCUT2D eigenvalue weighted by Crippen LogP contribution is -1.96. The number of aromatic nitrogens is 1. The monoisotopic (exact) mass is 270 g/mol. The van der Waals surface area contributed by atoms with Crippen LogP contribution in [0.3, 0.4) is 0 Å². The molecule has 0 saturated carbocycles. The largest absolute Gasteiger partial charge is 0.383 e. The number of rotatable bonds is 0. The van der Waals surface area contributed by atoms with E-state index in [-0.39, 0.29) is 0 Å². The number of aryl methyl sites for hydroxylation is 1. The Bertz CT molecular complexity index is 511. The van der Waals surface area contributed by atoms with Gasteiger partial charge in [0.25, 0.3) is 0 Å². The van der Waals surface area contributed by atoms with Crippen molar-refractivity contribution in [2.45, 2.75) is 6.92 Å². The van der Waals surface area contributed by atoms with Crippen LogP contribution in [0.4, 0.5) is 5.82 Å². The average Bonchev–Trinajstić information content (AvgIpc) is 2.14. The van der Waals surface area contributed by atoms with Gasteiger partial charge in [-0.25, -0.2) is 4.98 Å². The lowest BCUT2D eigenvalue weighted by atomic mass is 10.1. The van der Waals surface area contributed by atoms with Crippen LogP contribution in [0.5, 0.6) is 0 Å². The molecular weight excluding hydrogens is 263 g/mol. The van der Waals surface area contributed by atoms with Gasteiger partial charge in [0.2, 0.25) is 0 Å². The third-order valence-corrected chi connectivity index (χ3v) is 3.13. The molecule has 2 N–H and O–H groups in total. The van der Waals surface area contributed by atoms with Gasteiger partial charge < -0.3 is 5.73 Å². The van der Waals surface area contributed by atoms with E-state index >= 15 is 0 Å². The Kier molecular flexibility index (Phi) is 2.37. The highest BCUT2D eigenvalue weighted by Gasteiger charge is 2.09. The van der Waals surface area contributed by atoms with Crippen LogP contribution in [0, 0.1) is 6.92 Å². The predicted octanol–water partition coefficient (Wildman–Crippen LogP) is 3.54. The van der Waals surface area contributed by atoms with Gasteiger partial charge in [-0.15, -0.1) is 0 Å². The standard InChI is InChI=1S/C10H8BrClN2/c1-5-8-6(3-2-4-7(8)12)9(11)14-10(5)13/h2-4H,1H3,(H2,13,14). The maximum absolute atomic E-state index is 6.10. The lowest BCUT2D eigenvalue weighted by Gasteiger charge is -2.08. The minimum absolute atomic E-state index is 0.512. The van der Waals surface area contributed by atoms with Crippen molar-refractivity contribution < 1.29 is 0 Å². The Morgan fingerprint density at radius 2 is 2.14 bits per heavy atom. The molecule has 1 heterocycles. The first-order valence-electron chi connectivity index (χ1n) is 4.11. The average molecular weight is 272 g/mol. The van der Waals surface area contributed by atoms with Gasteiger partial charge in [-0.1, -0.05) is 23.7 Å². The van der Waals surface area contributed by atoms with E-state index in [1.807, 2.05) is 25.1 Å². The van der Waals surface area contributed by atoms with Crippen molar-refractivity contribution in [3.8, 4) is 0 Å². The summed E-state index contributed by atoms with van der Waals surface area (Å²) in [6, 6.07) is 5.71. The van der Waals surface area contributed by atoms with Crippen molar-refractivity contribution in [1.29, 1.82) is 0 Å². The van der Waals surface area contributed by atoms with Crippen LogP contribution in [0.15, 0.2) is 22.8 Å². The third kappa shape index (κ3) is 1.37. The summed E-state index contributed by atoms with van der Waals surface area (Å²) in [6.45, 7) is 1.92. The van der Waals surface area contributed by atoms with E-state index in [1.165, 1.54) is 0 Å². The van der Waals surface area contributed by atoms with Crippen LogP contribution in [0.2, 0.25) is 5.02 Å². The van der Waals surface area contributed by atoms with E-state index in [4.69, 9.17) is 17.3 Å². The Morgan fingerprint density at radius 1 is 1.43 bits per heavy atom. The summed E-state index contributed by atoms with van der Waals surface area (Å²) in [5, 5.41) is 2.66. The number of nitrogen functional groups attached to an aromatic ring is 1. The lowest BCUT2D eigenvalue weighted by molar-refractivity contribution is 1.28. The molecule has 4 heteroatoms. The fraction of sp³-hybridized carbons (Fsp3) is 0.100. The molecule has 0 bridgehead atoms. The van der Waals surface area contributed by atoms with Gasteiger partial charge >= 0.3 is 0 Å². The maximum atomic E-state index is 6.10. The van der Waals surface area contributed by atoms with Crippen LogP contribution in [-0.2, 0) is 0 Å². The van der Waals surface area contributed by atoms with E-state index in [1.54, 1.807) is 0 Å². The van der Waals surface area contributed by atoms with Crippen molar-refractivity contribution in [1.82, 2.24) is 4.98 Å². The Labute approximate surface area is 95.2 Å². The highest BCUT2D eigenvalue weighted by atomic mass is 79.9. The molecule has 2 aromatic rings. The minimum Gasteiger partial charge on any atom is -0.383 e. The van der Waals surface area contributed by atoms with Crippen LogP contribution in [0.1, 0.15) is 5.56 Å². The number of nitrogens with zero attached hydrogens (tertiary/aromatic N) is 1. The summed E-state index contributed by atoms with van der Waals surface area (Å²) >= 11 is 9.47. The minimum atomic E-state index is 0.512. The molecule has 2 rings (SSSR count). The molecule has 1 aromatic carbocycles. The Balaban J connectivity index is 3.03. The first-order valence-corrected chi connectivity index (χ1v) is 5.28. The molecule has 0 aliphatic heterocycles. The molecule has 14 heavy (non-hydrogen) atoms. The van der Waals surface area contributed by atoms with Gasteiger partial charge in [-0.3, -0.25) is 0 Å². The molecule has 0 unspecified atom stereocenters. The second-order valence-electron chi connectivity index (χ2n) is 3.08. The van der Waals surface area contributed by atoms with Crippen LogP contribution in [0.25, 0.3) is 10.8 Å². The number of nitrogens with two attached hydrogens (primary N) is 1. The van der Waals surface area contributed by atoms with Crippen molar-refractivity contribution in [3.05, 3.63) is 33.4 Å². The molecule has 0 aliphatic rings. The summed E-state index contributed by atoms with van der Waals surface area (Å²) in [5.74, 6) is 0.512. The molecule has 0 radical (unpaired) electrons. The summed E-state index contributed by atoms with van der Waals surface area (Å²) < 4.78 is 0.734. The number of fused-ring (bicyclic) bond motifs is 1. The molecule has 0 atom stereocenters. The quantitative estimate of drug-likeness (QED) is 0.744. The van der Waals surface area contributed by atoms with Crippen molar-refractivity contribution >= 4 is 44.1 Å². The van der Waals surface area contributed by atoms with Gasteiger partial charge in [0, 0.05) is 21.4 Å². The molecule has 2 nitrogen and oxygen atoms in total. The third-order valence-electron chi connectivity index (χ3n) is 2.21. The van der Waals surface area contributed by atoms with E-state index in [0.29, 0.717) is 10.8 Å². The highest BCUT2D eigenvalue weighted by Crippen LogP contribution is 2.32. The second kappa shape index (κ2) is 3.41. The van der Waals surface area contributed by atoms with Crippen molar-refractivity contribution in [2.75, 3.05) is 5.73 Å². The zero-order chi connectivity index (χ0) is 10.3. The highest BCUT2D eigenvalue weighted by molar-refractivity contribution is 9.10. The first kappa shape index (κ1) is 9.74. The van der Waals surface area contributed by atoms with E-state index in [9.17, 15) is 0 Å². The zero-order valence-electron chi connectivity index (χ0n) is 7.51. The first-order chi connectivity index (χ1) is 6.61. The number of hydrogen-bond acceptors (Lipinski definition) is 2. The number of anilines is 1. The molecule has 0 spiro atoms. The number of hydrogen-bond donors (Lipinski definition) is 1. The molecule has 72 valence electrons. The molecular formula is C10H8BrClN2. The SMILES string of the molecule is Cc1c(N)nc(Br)c2cccc(Cl)c12. The van der Waals surface area contributed by atoms with E-state index < -0.39 is 0 Å². The number of benzene rings is 1. The molecule has 0 fully saturated rings. The Hall–Kier alpha value is -0.800. The van der Waals surface area contributed by atoms with Crippen molar-refractivity contribution in [2.24, 2.45) is 0 Å². The normalized spacial score (nSPS) is 10.8. The summed E-state index contributed by atoms with van der Waals surface area (Å²) in [7, 11) is 0. The van der Waals surface area contributed by atoms with Crippen LogP contribution >= 0.6 is 27.5 Å². The van der Waals surface area contributed by atoms with Gasteiger partial charge in [0.05, 0.1) is 0 Å². The van der Waals surface area contributed by atoms with E-state index in [2.05, 4.69) is 20.9 Å². The smallest absolute Gasteiger partial charge is 0.128 e. The topological polar surface area (TPSA) is 38.9 Å². The zero-order valence-corrected chi connectivity index (χ0v) is 9.85. The van der Waals surface area contributed by atoms with Crippen molar-refractivity contribution in [3.63, 3.8) is 0 Å². The van der Waals surface area contributed by atoms with Crippen LogP contribution in [-0.4, -0.2) is 4.98 Å². The molecule has 1 aromatic heterocycles. The van der Waals surface area contributed by atoms with Crippen LogP contribution < -0.4 is 5.73 Å². The molecule has 0 amide bonds. The fourth-order valence-corrected chi connectivity index (χ4v) is 2.29. The van der Waals surface area contributed by atoms with Gasteiger partial charge in [-0.05, 0) is 28.9 Å².